The summed E-state index contributed by atoms with van der Waals surface area (Å²) < 4.78 is 5.64. The predicted molar refractivity (Wildman–Crippen MR) is 96.2 cm³/mol. The number of benzene rings is 1. The van der Waals surface area contributed by atoms with Crippen LogP contribution in [-0.4, -0.2) is 17.0 Å². The van der Waals surface area contributed by atoms with E-state index in [0.29, 0.717) is 23.0 Å². The van der Waals surface area contributed by atoms with Gasteiger partial charge >= 0.3 is 6.03 Å². The molecule has 0 saturated heterocycles. The number of hydrogen-bond acceptors (Lipinski definition) is 3. The molecule has 130 valence electrons. The zero-order valence-electron chi connectivity index (χ0n) is 14.0. The number of halogens is 1. The standard InChI is InChI=1S/C19H20ClN3O2/c1-13-5-10-17(25-13)12-23(18-4-2-3-14(18)11-21)19(24)22-16-8-6-15(20)7-9-16/h5-10,14,18H,2-4,12H2,1H3,(H,22,24). The van der Waals surface area contributed by atoms with Crippen molar-refractivity contribution in [2.75, 3.05) is 5.32 Å². The van der Waals surface area contributed by atoms with Crippen molar-refractivity contribution in [1.82, 2.24) is 4.90 Å². The van der Waals surface area contributed by atoms with Crippen LogP contribution in [0.4, 0.5) is 10.5 Å². The average molecular weight is 358 g/mol. The summed E-state index contributed by atoms with van der Waals surface area (Å²) in [6.45, 7) is 2.21. The fraction of sp³-hybridized carbons (Fsp3) is 0.368. The molecule has 1 aromatic carbocycles. The summed E-state index contributed by atoms with van der Waals surface area (Å²) in [4.78, 5) is 14.6. The Hall–Kier alpha value is -2.45. The third-order valence-corrected chi connectivity index (χ3v) is 4.78. The third-order valence-electron chi connectivity index (χ3n) is 4.52. The van der Waals surface area contributed by atoms with Crippen LogP contribution in [0.3, 0.4) is 0 Å². The molecule has 1 saturated carbocycles. The number of hydrogen-bond donors (Lipinski definition) is 1. The highest BCUT2D eigenvalue weighted by Crippen LogP contribution is 2.31. The highest BCUT2D eigenvalue weighted by Gasteiger charge is 2.35. The Labute approximate surface area is 152 Å². The molecule has 0 bridgehead atoms. The SMILES string of the molecule is Cc1ccc(CN(C(=O)Nc2ccc(Cl)cc2)C2CCCC2C#N)o1. The van der Waals surface area contributed by atoms with Gasteiger partial charge < -0.3 is 14.6 Å². The summed E-state index contributed by atoms with van der Waals surface area (Å²) in [6, 6.07) is 12.7. The highest BCUT2D eigenvalue weighted by atomic mass is 35.5. The smallest absolute Gasteiger partial charge is 0.322 e. The summed E-state index contributed by atoms with van der Waals surface area (Å²) in [7, 11) is 0. The number of furan rings is 1. The van der Waals surface area contributed by atoms with Crippen molar-refractivity contribution >= 4 is 23.3 Å². The van der Waals surface area contributed by atoms with Gasteiger partial charge in [0.05, 0.1) is 18.5 Å². The van der Waals surface area contributed by atoms with Crippen LogP contribution in [0.1, 0.15) is 30.8 Å². The molecule has 2 amide bonds. The monoisotopic (exact) mass is 357 g/mol. The number of urea groups is 1. The van der Waals surface area contributed by atoms with Gasteiger partial charge in [0, 0.05) is 16.8 Å². The predicted octanol–water partition coefficient (Wildman–Crippen LogP) is 4.97. The molecule has 1 fully saturated rings. The first-order valence-electron chi connectivity index (χ1n) is 8.35. The number of carbonyl (C=O) groups is 1. The van der Waals surface area contributed by atoms with Crippen molar-refractivity contribution in [3.8, 4) is 6.07 Å². The van der Waals surface area contributed by atoms with E-state index in [4.69, 9.17) is 16.0 Å². The van der Waals surface area contributed by atoms with Crippen LogP contribution < -0.4 is 5.32 Å². The van der Waals surface area contributed by atoms with Gasteiger partial charge in [-0.3, -0.25) is 0 Å². The van der Waals surface area contributed by atoms with E-state index in [-0.39, 0.29) is 18.0 Å². The Balaban J connectivity index is 1.80. The minimum atomic E-state index is -0.233. The fourth-order valence-electron chi connectivity index (χ4n) is 3.27. The van der Waals surface area contributed by atoms with Gasteiger partial charge in [0.2, 0.25) is 0 Å². The first-order chi connectivity index (χ1) is 12.1. The maximum Gasteiger partial charge on any atom is 0.322 e. The van der Waals surface area contributed by atoms with Gasteiger partial charge in [-0.15, -0.1) is 0 Å². The van der Waals surface area contributed by atoms with E-state index in [1.54, 1.807) is 29.2 Å². The molecule has 2 atom stereocenters. The Morgan fingerprint density at radius 2 is 2.08 bits per heavy atom. The molecule has 1 N–H and O–H groups in total. The highest BCUT2D eigenvalue weighted by molar-refractivity contribution is 6.30. The first-order valence-corrected chi connectivity index (χ1v) is 8.73. The number of nitrogens with one attached hydrogen (secondary N) is 1. The maximum atomic E-state index is 12.9. The molecule has 6 heteroatoms. The second-order valence-electron chi connectivity index (χ2n) is 6.31. The normalized spacial score (nSPS) is 19.4. The van der Waals surface area contributed by atoms with E-state index in [2.05, 4.69) is 11.4 Å². The van der Waals surface area contributed by atoms with Gasteiger partial charge in [0.1, 0.15) is 11.5 Å². The number of carbonyl (C=O) groups excluding carboxylic acids is 1. The van der Waals surface area contributed by atoms with Crippen molar-refractivity contribution < 1.29 is 9.21 Å². The Kier molecular flexibility index (Phi) is 5.30. The van der Waals surface area contributed by atoms with Gasteiger partial charge in [-0.25, -0.2) is 4.79 Å². The lowest BCUT2D eigenvalue weighted by atomic mass is 10.0. The van der Waals surface area contributed by atoms with E-state index < -0.39 is 0 Å². The molecule has 2 unspecified atom stereocenters. The van der Waals surface area contributed by atoms with Crippen LogP contribution in [0.5, 0.6) is 0 Å². The molecule has 0 aliphatic heterocycles. The largest absolute Gasteiger partial charge is 0.464 e. The summed E-state index contributed by atoms with van der Waals surface area (Å²) in [5.41, 5.74) is 0.668. The number of anilines is 1. The zero-order valence-corrected chi connectivity index (χ0v) is 14.8. The molecular formula is C19H20ClN3O2. The van der Waals surface area contributed by atoms with Crippen molar-refractivity contribution in [1.29, 1.82) is 5.26 Å². The van der Waals surface area contributed by atoms with Crippen LogP contribution in [-0.2, 0) is 6.54 Å². The molecule has 1 heterocycles. The van der Waals surface area contributed by atoms with E-state index in [1.807, 2.05) is 19.1 Å². The van der Waals surface area contributed by atoms with Crippen molar-refractivity contribution in [3.63, 3.8) is 0 Å². The molecule has 1 aliphatic rings. The molecule has 5 nitrogen and oxygen atoms in total. The minimum absolute atomic E-state index is 0.109. The molecule has 1 aromatic heterocycles. The van der Waals surface area contributed by atoms with Crippen LogP contribution in [0.25, 0.3) is 0 Å². The summed E-state index contributed by atoms with van der Waals surface area (Å²) in [6.07, 6.45) is 2.60. The molecule has 0 radical (unpaired) electrons. The summed E-state index contributed by atoms with van der Waals surface area (Å²) >= 11 is 5.89. The van der Waals surface area contributed by atoms with Gasteiger partial charge in [0.25, 0.3) is 0 Å². The Morgan fingerprint density at radius 1 is 1.32 bits per heavy atom. The van der Waals surface area contributed by atoms with Crippen molar-refractivity contribution in [3.05, 3.63) is 52.9 Å². The number of nitrogens with zero attached hydrogens (tertiary/aromatic N) is 2. The average Bonchev–Trinajstić information content (AvgIpc) is 3.23. The Morgan fingerprint density at radius 3 is 2.72 bits per heavy atom. The first kappa shape index (κ1) is 17.4. The summed E-state index contributed by atoms with van der Waals surface area (Å²) in [5, 5.41) is 12.9. The van der Waals surface area contributed by atoms with Gasteiger partial charge in [-0.1, -0.05) is 11.6 Å². The van der Waals surface area contributed by atoms with Crippen molar-refractivity contribution in [2.24, 2.45) is 5.92 Å². The lowest BCUT2D eigenvalue weighted by Gasteiger charge is -2.30. The topological polar surface area (TPSA) is 69.3 Å². The Bertz CT molecular complexity index is 779. The van der Waals surface area contributed by atoms with Crippen molar-refractivity contribution in [2.45, 2.75) is 38.8 Å². The van der Waals surface area contributed by atoms with Crippen LogP contribution in [0, 0.1) is 24.2 Å². The van der Waals surface area contributed by atoms with Gasteiger partial charge in [-0.2, -0.15) is 5.26 Å². The van der Waals surface area contributed by atoms with E-state index >= 15 is 0 Å². The molecule has 3 rings (SSSR count). The minimum Gasteiger partial charge on any atom is -0.464 e. The second kappa shape index (κ2) is 7.62. The molecule has 0 spiro atoms. The van der Waals surface area contributed by atoms with Gasteiger partial charge in [-0.05, 0) is 62.6 Å². The number of aryl methyl sites for hydroxylation is 1. The lowest BCUT2D eigenvalue weighted by Crippen LogP contribution is -2.43. The molecule has 1 aliphatic carbocycles. The van der Waals surface area contributed by atoms with Crippen LogP contribution in [0.2, 0.25) is 5.02 Å². The van der Waals surface area contributed by atoms with E-state index in [1.165, 1.54) is 0 Å². The van der Waals surface area contributed by atoms with E-state index in [0.717, 1.165) is 25.0 Å². The van der Waals surface area contributed by atoms with Crippen LogP contribution in [0.15, 0.2) is 40.8 Å². The summed E-state index contributed by atoms with van der Waals surface area (Å²) in [5.74, 6) is 1.37. The zero-order chi connectivity index (χ0) is 17.8. The van der Waals surface area contributed by atoms with Gasteiger partial charge in [0.15, 0.2) is 0 Å². The number of nitriles is 1. The molecule has 2 aromatic rings. The molecule has 25 heavy (non-hydrogen) atoms. The van der Waals surface area contributed by atoms with E-state index in [9.17, 15) is 10.1 Å². The molecular weight excluding hydrogens is 338 g/mol. The quantitative estimate of drug-likeness (QED) is 0.839. The fourth-order valence-corrected chi connectivity index (χ4v) is 3.40. The second-order valence-corrected chi connectivity index (χ2v) is 6.75. The maximum absolute atomic E-state index is 12.9. The lowest BCUT2D eigenvalue weighted by molar-refractivity contribution is 0.168. The third kappa shape index (κ3) is 4.15. The number of amides is 2. The van der Waals surface area contributed by atoms with Crippen LogP contribution >= 0.6 is 11.6 Å². The number of rotatable bonds is 4.